The zero-order chi connectivity index (χ0) is 16.5. The maximum absolute atomic E-state index is 11.8. The SMILES string of the molecule is CC(C)(C)OC(=O)NCCNC(=O)C[N+](C)(C)CCCN. The molecule has 0 rings (SSSR count). The van der Waals surface area contributed by atoms with E-state index in [1.54, 1.807) is 20.8 Å². The van der Waals surface area contributed by atoms with Gasteiger partial charge in [-0.05, 0) is 27.3 Å². The molecule has 0 bridgehead atoms. The standard InChI is InChI=1S/C14H30N4O3/c1-14(2,3)21-13(20)17-9-8-16-12(19)11-18(4,5)10-6-7-15/h6-11,15H2,1-5H3,(H-,16,17,19,20)/p+1. The predicted octanol–water partition coefficient (Wildman–Crippen LogP) is 0.0525. The molecule has 21 heavy (non-hydrogen) atoms. The number of carbonyl (C=O) groups is 2. The van der Waals surface area contributed by atoms with E-state index in [-0.39, 0.29) is 5.91 Å². The number of amides is 2. The van der Waals surface area contributed by atoms with Crippen LogP contribution in [0.3, 0.4) is 0 Å². The smallest absolute Gasteiger partial charge is 0.407 e. The Bertz CT molecular complexity index is 338. The van der Waals surface area contributed by atoms with Crippen molar-refractivity contribution in [1.82, 2.24) is 10.6 Å². The van der Waals surface area contributed by atoms with Gasteiger partial charge in [0.05, 0.1) is 20.6 Å². The van der Waals surface area contributed by atoms with Crippen LogP contribution in [-0.4, -0.2) is 68.9 Å². The van der Waals surface area contributed by atoms with Crippen LogP contribution in [0, 0.1) is 0 Å². The largest absolute Gasteiger partial charge is 0.444 e. The van der Waals surface area contributed by atoms with E-state index in [2.05, 4.69) is 10.6 Å². The van der Waals surface area contributed by atoms with Crippen LogP contribution >= 0.6 is 0 Å². The number of nitrogens with one attached hydrogen (secondary N) is 2. The molecule has 0 aromatic heterocycles. The van der Waals surface area contributed by atoms with Gasteiger partial charge in [0.25, 0.3) is 5.91 Å². The summed E-state index contributed by atoms with van der Waals surface area (Å²) in [5.74, 6) is -0.0389. The molecule has 0 spiro atoms. The lowest BCUT2D eigenvalue weighted by molar-refractivity contribution is -0.882. The lowest BCUT2D eigenvalue weighted by Gasteiger charge is -2.28. The maximum Gasteiger partial charge on any atom is 0.407 e. The first-order valence-corrected chi connectivity index (χ1v) is 7.31. The summed E-state index contributed by atoms with van der Waals surface area (Å²) in [5, 5.41) is 5.37. The van der Waals surface area contributed by atoms with Crippen LogP contribution in [0.25, 0.3) is 0 Å². The van der Waals surface area contributed by atoms with Crippen LogP contribution in [0.2, 0.25) is 0 Å². The molecule has 0 fully saturated rings. The fourth-order valence-corrected chi connectivity index (χ4v) is 1.72. The van der Waals surface area contributed by atoms with Crippen LogP contribution in [0.15, 0.2) is 0 Å². The van der Waals surface area contributed by atoms with Crippen molar-refractivity contribution in [2.75, 3.05) is 46.8 Å². The quantitative estimate of drug-likeness (QED) is 0.436. The van der Waals surface area contributed by atoms with E-state index >= 15 is 0 Å². The molecular weight excluding hydrogens is 272 g/mol. The number of nitrogens with two attached hydrogens (primary N) is 1. The summed E-state index contributed by atoms with van der Waals surface area (Å²) in [6, 6.07) is 0. The Morgan fingerprint density at radius 2 is 1.71 bits per heavy atom. The minimum atomic E-state index is -0.516. The van der Waals surface area contributed by atoms with E-state index in [1.807, 2.05) is 14.1 Å². The summed E-state index contributed by atoms with van der Waals surface area (Å²) in [7, 11) is 3.99. The molecule has 0 aliphatic heterocycles. The maximum atomic E-state index is 11.8. The first-order valence-electron chi connectivity index (χ1n) is 7.31. The van der Waals surface area contributed by atoms with E-state index in [4.69, 9.17) is 10.5 Å². The third-order valence-corrected chi connectivity index (χ3v) is 2.65. The van der Waals surface area contributed by atoms with E-state index < -0.39 is 11.7 Å². The fourth-order valence-electron chi connectivity index (χ4n) is 1.72. The number of ether oxygens (including phenoxy) is 1. The van der Waals surface area contributed by atoms with Crippen molar-refractivity contribution in [2.24, 2.45) is 5.73 Å². The first kappa shape index (κ1) is 19.7. The molecule has 0 heterocycles. The highest BCUT2D eigenvalue weighted by molar-refractivity contribution is 5.77. The number of likely N-dealkylation sites (N-methyl/N-ethyl adjacent to an activating group) is 1. The molecule has 0 aromatic rings. The molecule has 0 aliphatic carbocycles. The Kier molecular flexibility index (Phi) is 8.27. The molecule has 0 saturated heterocycles. The van der Waals surface area contributed by atoms with Gasteiger partial charge in [0.15, 0.2) is 6.54 Å². The average molecular weight is 303 g/mol. The van der Waals surface area contributed by atoms with Gasteiger partial charge in [-0.3, -0.25) is 4.79 Å². The Hall–Kier alpha value is -1.34. The molecule has 0 atom stereocenters. The number of quaternary nitrogens is 1. The average Bonchev–Trinajstić information content (AvgIpc) is 2.29. The lowest BCUT2D eigenvalue weighted by atomic mass is 10.2. The summed E-state index contributed by atoms with van der Waals surface area (Å²) in [4.78, 5) is 23.2. The number of hydrogen-bond donors (Lipinski definition) is 3. The van der Waals surface area contributed by atoms with Gasteiger partial charge in [-0.1, -0.05) is 0 Å². The number of rotatable bonds is 8. The fraction of sp³-hybridized carbons (Fsp3) is 0.857. The van der Waals surface area contributed by atoms with Crippen LogP contribution in [-0.2, 0) is 9.53 Å². The highest BCUT2D eigenvalue weighted by atomic mass is 16.6. The van der Waals surface area contributed by atoms with Gasteiger partial charge in [0, 0.05) is 19.5 Å². The normalized spacial score (nSPS) is 11.9. The van der Waals surface area contributed by atoms with Crippen molar-refractivity contribution in [3.63, 3.8) is 0 Å². The Morgan fingerprint density at radius 3 is 2.24 bits per heavy atom. The zero-order valence-corrected chi connectivity index (χ0v) is 14.0. The second-order valence-corrected chi connectivity index (χ2v) is 6.74. The molecule has 7 nitrogen and oxygen atoms in total. The minimum absolute atomic E-state index is 0.0389. The van der Waals surface area contributed by atoms with E-state index in [1.165, 1.54) is 0 Å². The third kappa shape index (κ3) is 12.1. The van der Waals surface area contributed by atoms with Crippen LogP contribution in [0.5, 0.6) is 0 Å². The van der Waals surface area contributed by atoms with Gasteiger partial charge < -0.3 is 25.6 Å². The van der Waals surface area contributed by atoms with Gasteiger partial charge in [0.1, 0.15) is 5.60 Å². The van der Waals surface area contributed by atoms with Gasteiger partial charge in [-0.25, -0.2) is 4.79 Å². The van der Waals surface area contributed by atoms with Crippen molar-refractivity contribution in [3.05, 3.63) is 0 Å². The van der Waals surface area contributed by atoms with Gasteiger partial charge in [-0.15, -0.1) is 0 Å². The Labute approximate surface area is 127 Å². The second kappa shape index (κ2) is 8.84. The van der Waals surface area contributed by atoms with Gasteiger partial charge in [0.2, 0.25) is 0 Å². The molecule has 0 aromatic carbocycles. The summed E-state index contributed by atoms with van der Waals surface area (Å²) in [5.41, 5.74) is 4.96. The zero-order valence-electron chi connectivity index (χ0n) is 14.0. The molecule has 2 amide bonds. The van der Waals surface area contributed by atoms with E-state index in [0.29, 0.717) is 30.7 Å². The number of nitrogens with zero attached hydrogens (tertiary/aromatic N) is 1. The molecule has 7 heteroatoms. The predicted molar refractivity (Wildman–Crippen MR) is 82.8 cm³/mol. The van der Waals surface area contributed by atoms with Crippen LogP contribution < -0.4 is 16.4 Å². The van der Waals surface area contributed by atoms with Crippen molar-refractivity contribution in [3.8, 4) is 0 Å². The molecule has 4 N–H and O–H groups in total. The van der Waals surface area contributed by atoms with Crippen molar-refractivity contribution in [1.29, 1.82) is 0 Å². The second-order valence-electron chi connectivity index (χ2n) is 6.74. The lowest BCUT2D eigenvalue weighted by Crippen LogP contribution is -2.49. The highest BCUT2D eigenvalue weighted by Gasteiger charge is 2.19. The minimum Gasteiger partial charge on any atom is -0.444 e. The van der Waals surface area contributed by atoms with Crippen molar-refractivity contribution < 1.29 is 18.8 Å². The summed E-state index contributed by atoms with van der Waals surface area (Å²) in [6.07, 6.45) is 0.413. The Morgan fingerprint density at radius 1 is 1.14 bits per heavy atom. The summed E-state index contributed by atoms with van der Waals surface area (Å²) in [6.45, 7) is 8.02. The molecule has 0 saturated carbocycles. The van der Waals surface area contributed by atoms with E-state index in [0.717, 1.165) is 13.0 Å². The third-order valence-electron chi connectivity index (χ3n) is 2.65. The monoisotopic (exact) mass is 303 g/mol. The van der Waals surface area contributed by atoms with E-state index in [9.17, 15) is 9.59 Å². The topological polar surface area (TPSA) is 93.5 Å². The van der Waals surface area contributed by atoms with Gasteiger partial charge in [-0.2, -0.15) is 0 Å². The number of carbonyl (C=O) groups excluding carboxylic acids is 2. The van der Waals surface area contributed by atoms with Crippen molar-refractivity contribution >= 4 is 12.0 Å². The first-order chi connectivity index (χ1) is 9.56. The Balaban J connectivity index is 3.82. The number of alkyl carbamates (subject to hydrolysis) is 1. The number of hydrogen-bond acceptors (Lipinski definition) is 4. The summed E-state index contributed by atoms with van der Waals surface area (Å²) < 4.78 is 5.69. The van der Waals surface area contributed by atoms with Crippen LogP contribution in [0.1, 0.15) is 27.2 Å². The van der Waals surface area contributed by atoms with Gasteiger partial charge >= 0.3 is 6.09 Å². The molecule has 0 aliphatic rings. The molecule has 0 radical (unpaired) electrons. The molecular formula is C14H31N4O3+. The summed E-state index contributed by atoms with van der Waals surface area (Å²) >= 11 is 0. The van der Waals surface area contributed by atoms with Crippen molar-refractivity contribution in [2.45, 2.75) is 32.8 Å². The van der Waals surface area contributed by atoms with Crippen LogP contribution in [0.4, 0.5) is 4.79 Å². The highest BCUT2D eigenvalue weighted by Crippen LogP contribution is 2.05. The molecule has 0 unspecified atom stereocenters. The molecule has 124 valence electrons.